The van der Waals surface area contributed by atoms with Crippen molar-refractivity contribution in [3.63, 3.8) is 0 Å². The molecular formula is C13H16N4O4. The number of carbonyl (C=O) groups is 1. The Hall–Kier alpha value is -2.64. The van der Waals surface area contributed by atoms with Crippen LogP contribution < -0.4 is 5.56 Å². The molecule has 2 N–H and O–H groups in total. The van der Waals surface area contributed by atoms with Crippen LogP contribution in [0.3, 0.4) is 0 Å². The highest BCUT2D eigenvalue weighted by molar-refractivity contribution is 5.95. The molecule has 8 heteroatoms. The molecule has 0 radical (unpaired) electrons. The van der Waals surface area contributed by atoms with Crippen molar-refractivity contribution < 1.29 is 15.1 Å². The monoisotopic (exact) mass is 292 g/mol. The summed E-state index contributed by atoms with van der Waals surface area (Å²) in [6.45, 7) is 4.92. The molecule has 0 aliphatic carbocycles. The standard InChI is InChI=1S/C13H16N4O4/c1-7(2)9-4-10-13(20)17(6-11(18)19)14-12(8(3)15-21)16(10)5-9/h4-5,7,21H,6H2,1-3H3,(H,18,19). The van der Waals surface area contributed by atoms with Crippen LogP contribution in [-0.2, 0) is 11.3 Å². The molecule has 0 amide bonds. The maximum Gasteiger partial charge on any atom is 0.325 e. The Bertz CT molecular complexity index is 785. The van der Waals surface area contributed by atoms with E-state index in [0.29, 0.717) is 5.52 Å². The van der Waals surface area contributed by atoms with E-state index in [1.54, 1.807) is 12.3 Å². The van der Waals surface area contributed by atoms with Gasteiger partial charge in [0, 0.05) is 6.20 Å². The molecule has 112 valence electrons. The fourth-order valence-corrected chi connectivity index (χ4v) is 2.01. The number of carboxylic acid groups (broad SMARTS) is 1. The van der Waals surface area contributed by atoms with E-state index in [-0.39, 0.29) is 17.5 Å². The summed E-state index contributed by atoms with van der Waals surface area (Å²) in [5, 5.41) is 24.9. The van der Waals surface area contributed by atoms with Crippen LogP contribution in [0, 0.1) is 0 Å². The summed E-state index contributed by atoms with van der Waals surface area (Å²) in [4.78, 5) is 23.1. The van der Waals surface area contributed by atoms with Crippen LogP contribution in [-0.4, -0.2) is 36.2 Å². The van der Waals surface area contributed by atoms with Gasteiger partial charge in [0.2, 0.25) is 0 Å². The molecule has 0 atom stereocenters. The summed E-state index contributed by atoms with van der Waals surface area (Å²) in [6.07, 6.45) is 1.74. The quantitative estimate of drug-likeness (QED) is 0.494. The first-order chi connectivity index (χ1) is 9.85. The number of carboxylic acids is 1. The van der Waals surface area contributed by atoms with E-state index < -0.39 is 18.1 Å². The number of hydrogen-bond acceptors (Lipinski definition) is 5. The van der Waals surface area contributed by atoms with Gasteiger partial charge in [-0.25, -0.2) is 4.68 Å². The second-order valence-electron chi connectivity index (χ2n) is 5.05. The smallest absolute Gasteiger partial charge is 0.325 e. The third kappa shape index (κ3) is 2.64. The third-order valence-corrected chi connectivity index (χ3v) is 3.16. The highest BCUT2D eigenvalue weighted by Gasteiger charge is 2.16. The Balaban J connectivity index is 2.82. The van der Waals surface area contributed by atoms with Gasteiger partial charge in [0.15, 0.2) is 5.82 Å². The van der Waals surface area contributed by atoms with Crippen molar-refractivity contribution in [3.05, 3.63) is 34.0 Å². The first kappa shape index (κ1) is 14.8. The number of aliphatic carboxylic acids is 1. The molecule has 0 fully saturated rings. The Kier molecular flexibility index (Phi) is 3.79. The van der Waals surface area contributed by atoms with Gasteiger partial charge >= 0.3 is 5.97 Å². The molecule has 0 aliphatic rings. The molecule has 0 aliphatic heterocycles. The van der Waals surface area contributed by atoms with E-state index in [1.807, 2.05) is 13.8 Å². The van der Waals surface area contributed by atoms with Crippen molar-refractivity contribution >= 4 is 17.2 Å². The molecule has 0 saturated heterocycles. The minimum Gasteiger partial charge on any atom is -0.480 e. The fourth-order valence-electron chi connectivity index (χ4n) is 2.01. The summed E-state index contributed by atoms with van der Waals surface area (Å²) < 4.78 is 2.37. The zero-order valence-electron chi connectivity index (χ0n) is 11.9. The first-order valence-corrected chi connectivity index (χ1v) is 6.39. The predicted molar refractivity (Wildman–Crippen MR) is 75.2 cm³/mol. The van der Waals surface area contributed by atoms with Crippen molar-refractivity contribution in [1.82, 2.24) is 14.2 Å². The van der Waals surface area contributed by atoms with Gasteiger partial charge in [-0.15, -0.1) is 5.10 Å². The lowest BCUT2D eigenvalue weighted by Gasteiger charge is -2.07. The maximum absolute atomic E-state index is 12.3. The third-order valence-electron chi connectivity index (χ3n) is 3.16. The van der Waals surface area contributed by atoms with Gasteiger partial charge < -0.3 is 10.3 Å². The van der Waals surface area contributed by atoms with E-state index in [0.717, 1.165) is 10.2 Å². The highest BCUT2D eigenvalue weighted by atomic mass is 16.4. The van der Waals surface area contributed by atoms with Gasteiger partial charge in [0.25, 0.3) is 5.56 Å². The minimum atomic E-state index is -1.17. The normalized spacial score (nSPS) is 12.3. The fraction of sp³-hybridized carbons (Fsp3) is 0.385. The summed E-state index contributed by atoms with van der Waals surface area (Å²) in [5.41, 5.74) is 0.894. The minimum absolute atomic E-state index is 0.185. The Morgan fingerprint density at radius 1 is 1.48 bits per heavy atom. The Morgan fingerprint density at radius 2 is 2.14 bits per heavy atom. The summed E-state index contributed by atoms with van der Waals surface area (Å²) in [6, 6.07) is 1.70. The summed E-state index contributed by atoms with van der Waals surface area (Å²) >= 11 is 0. The van der Waals surface area contributed by atoms with Crippen molar-refractivity contribution in [2.75, 3.05) is 0 Å². The van der Waals surface area contributed by atoms with E-state index in [9.17, 15) is 9.59 Å². The van der Waals surface area contributed by atoms with Crippen LogP contribution >= 0.6 is 0 Å². The Labute approximate surface area is 119 Å². The molecule has 0 saturated carbocycles. The lowest BCUT2D eigenvalue weighted by atomic mass is 10.1. The van der Waals surface area contributed by atoms with Crippen molar-refractivity contribution in [2.45, 2.75) is 33.2 Å². The average Bonchev–Trinajstić information content (AvgIpc) is 2.86. The Morgan fingerprint density at radius 3 is 2.67 bits per heavy atom. The first-order valence-electron chi connectivity index (χ1n) is 6.39. The molecule has 0 spiro atoms. The zero-order valence-corrected chi connectivity index (χ0v) is 11.9. The van der Waals surface area contributed by atoms with Gasteiger partial charge in [0.1, 0.15) is 17.8 Å². The molecule has 2 rings (SSSR count). The average molecular weight is 292 g/mol. The van der Waals surface area contributed by atoms with Crippen molar-refractivity contribution in [1.29, 1.82) is 0 Å². The molecule has 2 aromatic rings. The number of aromatic nitrogens is 3. The van der Waals surface area contributed by atoms with Gasteiger partial charge in [-0.1, -0.05) is 19.0 Å². The van der Waals surface area contributed by atoms with E-state index in [4.69, 9.17) is 10.3 Å². The van der Waals surface area contributed by atoms with Gasteiger partial charge in [-0.2, -0.15) is 0 Å². The van der Waals surface area contributed by atoms with Gasteiger partial charge in [0.05, 0.1) is 0 Å². The second-order valence-corrected chi connectivity index (χ2v) is 5.05. The summed E-state index contributed by atoms with van der Waals surface area (Å²) in [7, 11) is 0. The van der Waals surface area contributed by atoms with Crippen molar-refractivity contribution in [3.8, 4) is 0 Å². The van der Waals surface area contributed by atoms with Crippen LogP contribution in [0.4, 0.5) is 0 Å². The molecule has 0 bridgehead atoms. The van der Waals surface area contributed by atoms with Gasteiger partial charge in [-0.3, -0.25) is 14.0 Å². The van der Waals surface area contributed by atoms with E-state index >= 15 is 0 Å². The second kappa shape index (κ2) is 5.39. The van der Waals surface area contributed by atoms with E-state index in [2.05, 4.69) is 10.3 Å². The molecular weight excluding hydrogens is 276 g/mol. The molecule has 0 unspecified atom stereocenters. The molecule has 21 heavy (non-hydrogen) atoms. The van der Waals surface area contributed by atoms with Crippen LogP contribution in [0.5, 0.6) is 0 Å². The SMILES string of the molecule is CC(=NO)c1nn(CC(=O)O)c(=O)c2cc(C(C)C)cn12. The van der Waals surface area contributed by atoms with Crippen LogP contribution in [0.1, 0.15) is 38.1 Å². The van der Waals surface area contributed by atoms with Crippen LogP contribution in [0.15, 0.2) is 22.2 Å². The molecule has 8 nitrogen and oxygen atoms in total. The maximum atomic E-state index is 12.3. The van der Waals surface area contributed by atoms with E-state index in [1.165, 1.54) is 11.3 Å². The summed E-state index contributed by atoms with van der Waals surface area (Å²) in [5.74, 6) is -0.758. The lowest BCUT2D eigenvalue weighted by molar-refractivity contribution is -0.138. The highest BCUT2D eigenvalue weighted by Crippen LogP contribution is 2.17. The topological polar surface area (TPSA) is 109 Å². The lowest BCUT2D eigenvalue weighted by Crippen LogP contribution is -2.30. The predicted octanol–water partition coefficient (Wildman–Crippen LogP) is 0.902. The van der Waals surface area contributed by atoms with Crippen LogP contribution in [0.2, 0.25) is 0 Å². The number of hydrogen-bond donors (Lipinski definition) is 2. The van der Waals surface area contributed by atoms with Crippen molar-refractivity contribution in [2.24, 2.45) is 5.16 Å². The largest absolute Gasteiger partial charge is 0.480 e. The van der Waals surface area contributed by atoms with Gasteiger partial charge in [-0.05, 0) is 24.5 Å². The number of nitrogens with zero attached hydrogens (tertiary/aromatic N) is 4. The number of oxime groups is 1. The number of rotatable bonds is 4. The molecule has 0 aromatic carbocycles. The molecule has 2 aromatic heterocycles. The van der Waals surface area contributed by atoms with Crippen LogP contribution in [0.25, 0.3) is 5.52 Å². The molecule has 2 heterocycles. The number of fused-ring (bicyclic) bond motifs is 1. The zero-order chi connectivity index (χ0) is 15.7.